The maximum atomic E-state index is 14.1. The molecule has 0 radical (unpaired) electrons. The van der Waals surface area contributed by atoms with Crippen LogP contribution in [0.1, 0.15) is 36.9 Å². The number of nitrogens with zero attached hydrogens (tertiary/aromatic N) is 5. The van der Waals surface area contributed by atoms with Crippen LogP contribution in [0.4, 0.5) is 10.5 Å². The summed E-state index contributed by atoms with van der Waals surface area (Å²) >= 11 is 6.25. The van der Waals surface area contributed by atoms with E-state index in [2.05, 4.69) is 21.7 Å². The monoisotopic (exact) mass is 521 g/mol. The van der Waals surface area contributed by atoms with Gasteiger partial charge in [-0.2, -0.15) is 5.26 Å². The van der Waals surface area contributed by atoms with Gasteiger partial charge in [0.15, 0.2) is 0 Å². The molecule has 9 nitrogen and oxygen atoms in total. The minimum Gasteiger partial charge on any atom is -0.447 e. The molecule has 2 amide bonds. The Bertz CT molecular complexity index is 1370. The zero-order valence-electron chi connectivity index (χ0n) is 20.4. The highest BCUT2D eigenvalue weighted by Crippen LogP contribution is 2.48. The number of amides is 2. The van der Waals surface area contributed by atoms with Gasteiger partial charge in [0.2, 0.25) is 5.91 Å². The van der Waals surface area contributed by atoms with Gasteiger partial charge in [0.25, 0.3) is 0 Å². The van der Waals surface area contributed by atoms with Crippen molar-refractivity contribution in [3.8, 4) is 6.07 Å². The zero-order valence-corrected chi connectivity index (χ0v) is 21.2. The van der Waals surface area contributed by atoms with Gasteiger partial charge in [0, 0.05) is 53.9 Å². The molecule has 0 aliphatic carbocycles. The molecule has 2 aromatic heterocycles. The number of fused-ring (bicyclic) bond motifs is 3. The number of benzene rings is 1. The van der Waals surface area contributed by atoms with Crippen LogP contribution in [0.3, 0.4) is 0 Å². The van der Waals surface area contributed by atoms with Crippen LogP contribution in [0.25, 0.3) is 10.9 Å². The number of aromatic nitrogens is 2. The second-order valence-electron chi connectivity index (χ2n) is 9.44. The number of rotatable bonds is 7. The molecule has 2 aliphatic heterocycles. The maximum absolute atomic E-state index is 14.1. The van der Waals surface area contributed by atoms with Gasteiger partial charge in [-0.05, 0) is 55.2 Å². The highest BCUT2D eigenvalue weighted by Gasteiger charge is 2.52. The van der Waals surface area contributed by atoms with Crippen LogP contribution in [-0.2, 0) is 28.0 Å². The van der Waals surface area contributed by atoms with Gasteiger partial charge in [0.05, 0.1) is 36.5 Å². The van der Waals surface area contributed by atoms with Crippen LogP contribution < -0.4 is 4.90 Å². The molecule has 5 rings (SSSR count). The fourth-order valence-corrected chi connectivity index (χ4v) is 5.78. The molecule has 1 fully saturated rings. The molecular weight excluding hydrogens is 494 g/mol. The number of hydrogen-bond donors (Lipinski definition) is 1. The number of carbonyl (C=O) groups excluding carboxylic acids is 2. The van der Waals surface area contributed by atoms with Gasteiger partial charge in [-0.3, -0.25) is 9.78 Å². The molecule has 1 saturated heterocycles. The predicted molar refractivity (Wildman–Crippen MR) is 138 cm³/mol. The predicted octanol–water partition coefficient (Wildman–Crippen LogP) is 4.00. The molecule has 0 atom stereocenters. The Labute approximate surface area is 219 Å². The van der Waals surface area contributed by atoms with E-state index in [1.165, 1.54) is 0 Å². The first kappa shape index (κ1) is 25.1. The second kappa shape index (κ2) is 10.4. The number of aryl methyl sites for hydroxylation is 1. The average molecular weight is 522 g/mol. The Morgan fingerprint density at radius 1 is 1.24 bits per heavy atom. The molecule has 37 heavy (non-hydrogen) atoms. The largest absolute Gasteiger partial charge is 0.447 e. The molecule has 1 spiro atoms. The standard InChI is InChI=1S/C27H28ClN5O4/c28-20-3-4-23-19(15-20)16-21(32(23)10-2-1-8-29)18-33-24-17-30-9-5-22(24)27(25(33)35)6-11-31(12-7-27)26(36)37-14-13-34/h3-5,9,15-17,34H,1-2,6-7,10-14,18H2. The van der Waals surface area contributed by atoms with Gasteiger partial charge < -0.3 is 24.2 Å². The summed E-state index contributed by atoms with van der Waals surface area (Å²) < 4.78 is 7.23. The van der Waals surface area contributed by atoms with Crippen molar-refractivity contribution in [3.63, 3.8) is 0 Å². The number of pyridine rings is 1. The van der Waals surface area contributed by atoms with E-state index in [-0.39, 0.29) is 19.1 Å². The topological polar surface area (TPSA) is 112 Å². The third-order valence-corrected chi connectivity index (χ3v) is 7.63. The smallest absolute Gasteiger partial charge is 0.409 e. The summed E-state index contributed by atoms with van der Waals surface area (Å²) in [7, 11) is 0. The molecule has 0 unspecified atom stereocenters. The summed E-state index contributed by atoms with van der Waals surface area (Å²) in [5, 5.41) is 19.6. The summed E-state index contributed by atoms with van der Waals surface area (Å²) in [4.78, 5) is 34.1. The highest BCUT2D eigenvalue weighted by atomic mass is 35.5. The first-order chi connectivity index (χ1) is 18.0. The molecule has 1 N–H and O–H groups in total. The molecule has 0 saturated carbocycles. The Balaban J connectivity index is 1.45. The summed E-state index contributed by atoms with van der Waals surface area (Å²) in [6, 6.07) is 11.9. The van der Waals surface area contributed by atoms with Gasteiger partial charge in [-0.25, -0.2) is 4.79 Å². The molecule has 4 heterocycles. The fourth-order valence-electron chi connectivity index (χ4n) is 5.60. The number of piperidine rings is 1. The van der Waals surface area contributed by atoms with Gasteiger partial charge >= 0.3 is 6.09 Å². The molecule has 3 aromatic rings. The first-order valence-electron chi connectivity index (χ1n) is 12.4. The van der Waals surface area contributed by atoms with Crippen LogP contribution in [-0.4, -0.2) is 57.9 Å². The van der Waals surface area contributed by atoms with E-state index in [4.69, 9.17) is 26.7 Å². The Hall–Kier alpha value is -3.61. The number of likely N-dealkylation sites (tertiary alicyclic amines) is 1. The van der Waals surface area contributed by atoms with Crippen molar-refractivity contribution in [2.45, 2.75) is 44.2 Å². The van der Waals surface area contributed by atoms with E-state index in [1.54, 1.807) is 22.2 Å². The van der Waals surface area contributed by atoms with E-state index < -0.39 is 11.5 Å². The van der Waals surface area contributed by atoms with E-state index >= 15 is 0 Å². The number of halogens is 1. The number of unbranched alkanes of at least 4 members (excludes halogenated alkanes) is 1. The van der Waals surface area contributed by atoms with Crippen LogP contribution >= 0.6 is 11.6 Å². The first-order valence-corrected chi connectivity index (χ1v) is 12.8. The Kier molecular flexibility index (Phi) is 7.04. The highest BCUT2D eigenvalue weighted by molar-refractivity contribution is 6.31. The summed E-state index contributed by atoms with van der Waals surface area (Å²) in [5.41, 5.74) is 2.97. The fraction of sp³-hybridized carbons (Fsp3) is 0.407. The normalized spacial score (nSPS) is 16.3. The van der Waals surface area contributed by atoms with Gasteiger partial charge in [-0.1, -0.05) is 11.6 Å². The van der Waals surface area contributed by atoms with Crippen LogP contribution in [0.5, 0.6) is 0 Å². The number of aliphatic hydroxyl groups is 1. The lowest BCUT2D eigenvalue weighted by Crippen LogP contribution is -2.50. The SMILES string of the molecule is N#CCCCn1c(CN2C(=O)C3(CCN(C(=O)OCCO)CC3)c3ccncc32)cc2cc(Cl)ccc21. The van der Waals surface area contributed by atoms with Crippen molar-refractivity contribution >= 4 is 40.2 Å². The van der Waals surface area contributed by atoms with E-state index in [9.17, 15) is 9.59 Å². The lowest BCUT2D eigenvalue weighted by Gasteiger charge is -2.38. The third-order valence-electron chi connectivity index (χ3n) is 7.39. The van der Waals surface area contributed by atoms with E-state index in [0.717, 1.165) is 27.8 Å². The number of hydrogen-bond acceptors (Lipinski definition) is 6. The minimum absolute atomic E-state index is 0.00531. The zero-order chi connectivity index (χ0) is 26.0. The van der Waals surface area contributed by atoms with Crippen LogP contribution in [0, 0.1) is 11.3 Å². The molecule has 0 bridgehead atoms. The Morgan fingerprint density at radius 2 is 2.05 bits per heavy atom. The maximum Gasteiger partial charge on any atom is 0.409 e. The molecular formula is C27H28ClN5O4. The minimum atomic E-state index is -0.729. The van der Waals surface area contributed by atoms with Crippen LogP contribution in [0.2, 0.25) is 5.02 Å². The van der Waals surface area contributed by atoms with E-state index in [0.29, 0.717) is 56.9 Å². The lowest BCUT2D eigenvalue weighted by atomic mass is 9.74. The lowest BCUT2D eigenvalue weighted by molar-refractivity contribution is -0.125. The Morgan fingerprint density at radius 3 is 2.81 bits per heavy atom. The third kappa shape index (κ3) is 4.52. The van der Waals surface area contributed by atoms with Gasteiger partial charge in [0.1, 0.15) is 6.61 Å². The molecule has 10 heteroatoms. The van der Waals surface area contributed by atoms with Crippen molar-refractivity contribution in [1.29, 1.82) is 5.26 Å². The number of ether oxygens (including phenoxy) is 1. The summed E-state index contributed by atoms with van der Waals surface area (Å²) in [5.74, 6) is 0.00531. The average Bonchev–Trinajstić information content (AvgIpc) is 3.36. The van der Waals surface area contributed by atoms with Crippen molar-refractivity contribution in [2.75, 3.05) is 31.2 Å². The molecule has 1 aromatic carbocycles. The van der Waals surface area contributed by atoms with Crippen LogP contribution in [0.15, 0.2) is 42.7 Å². The quantitative estimate of drug-likeness (QED) is 0.470. The van der Waals surface area contributed by atoms with Gasteiger partial charge in [-0.15, -0.1) is 0 Å². The number of nitriles is 1. The molecule has 192 valence electrons. The van der Waals surface area contributed by atoms with E-state index in [1.807, 2.05) is 24.3 Å². The summed E-state index contributed by atoms with van der Waals surface area (Å²) in [6.45, 7) is 1.52. The van der Waals surface area contributed by atoms with Crippen molar-refractivity contribution in [1.82, 2.24) is 14.5 Å². The number of aliphatic hydroxyl groups excluding tert-OH is 1. The number of anilines is 1. The summed E-state index contributed by atoms with van der Waals surface area (Å²) in [6.07, 6.45) is 5.09. The second-order valence-corrected chi connectivity index (χ2v) is 9.88. The number of carbonyl (C=O) groups is 2. The van der Waals surface area contributed by atoms with Crippen molar-refractivity contribution in [2.24, 2.45) is 0 Å². The van der Waals surface area contributed by atoms with Crippen molar-refractivity contribution in [3.05, 3.63) is 59.0 Å². The van der Waals surface area contributed by atoms with Crippen molar-refractivity contribution < 1.29 is 19.4 Å². The molecule has 2 aliphatic rings.